The number of nitrogens with zero attached hydrogens (tertiary/aromatic N) is 7. The third kappa shape index (κ3) is 2.53. The van der Waals surface area contributed by atoms with E-state index < -0.39 is 0 Å². The van der Waals surface area contributed by atoms with E-state index in [2.05, 4.69) is 20.0 Å². The van der Waals surface area contributed by atoms with E-state index in [0.29, 0.717) is 6.54 Å². The third-order valence-electron chi connectivity index (χ3n) is 5.11. The third-order valence-corrected chi connectivity index (χ3v) is 5.11. The van der Waals surface area contributed by atoms with Crippen LogP contribution in [0.15, 0.2) is 30.9 Å². The molecule has 2 saturated heterocycles. The van der Waals surface area contributed by atoms with Crippen molar-refractivity contribution >= 4 is 17.2 Å². The summed E-state index contributed by atoms with van der Waals surface area (Å²) in [6.45, 7) is 3.66. The summed E-state index contributed by atoms with van der Waals surface area (Å²) in [6, 6.07) is 2.02. The normalized spacial score (nSPS) is 20.9. The fourth-order valence-corrected chi connectivity index (χ4v) is 3.72. The van der Waals surface area contributed by atoms with E-state index in [0.717, 1.165) is 48.9 Å². The molecule has 2 aliphatic heterocycles. The van der Waals surface area contributed by atoms with E-state index in [1.54, 1.807) is 10.7 Å². The molecule has 1 N–H and O–H groups in total. The van der Waals surface area contributed by atoms with Crippen molar-refractivity contribution < 1.29 is 5.11 Å². The van der Waals surface area contributed by atoms with Crippen molar-refractivity contribution in [3.8, 4) is 5.69 Å². The quantitative estimate of drug-likeness (QED) is 0.770. The second-order valence-corrected chi connectivity index (χ2v) is 6.81. The lowest BCUT2D eigenvalue weighted by Gasteiger charge is -2.16. The Labute approximate surface area is 145 Å². The van der Waals surface area contributed by atoms with E-state index in [4.69, 9.17) is 4.98 Å². The molecule has 3 aromatic rings. The fourth-order valence-electron chi connectivity index (χ4n) is 3.72. The van der Waals surface area contributed by atoms with Gasteiger partial charge in [0.2, 0.25) is 0 Å². The van der Waals surface area contributed by atoms with Crippen molar-refractivity contribution in [1.29, 1.82) is 0 Å². The smallest absolute Gasteiger partial charge is 0.183 e. The van der Waals surface area contributed by atoms with Gasteiger partial charge in [-0.05, 0) is 25.3 Å². The predicted octanol–water partition coefficient (Wildman–Crippen LogP) is 1.09. The highest BCUT2D eigenvalue weighted by atomic mass is 16.3. The maximum Gasteiger partial charge on any atom is 0.183 e. The lowest BCUT2D eigenvalue weighted by atomic mass is 10.3. The van der Waals surface area contributed by atoms with Gasteiger partial charge in [0.1, 0.15) is 11.5 Å². The molecule has 2 aliphatic rings. The maximum atomic E-state index is 9.73. The molecule has 3 aromatic heterocycles. The number of anilines is 2. The monoisotopic (exact) mass is 339 g/mol. The van der Waals surface area contributed by atoms with Crippen molar-refractivity contribution in [2.45, 2.75) is 25.4 Å². The molecule has 25 heavy (non-hydrogen) atoms. The zero-order valence-corrected chi connectivity index (χ0v) is 14.0. The molecule has 1 atom stereocenters. The molecule has 0 aromatic carbocycles. The van der Waals surface area contributed by atoms with Gasteiger partial charge in [0.05, 0.1) is 30.4 Å². The number of aromatic nitrogens is 5. The predicted molar refractivity (Wildman–Crippen MR) is 94.4 cm³/mol. The van der Waals surface area contributed by atoms with Crippen molar-refractivity contribution in [2.75, 3.05) is 36.0 Å². The molecule has 1 unspecified atom stereocenters. The summed E-state index contributed by atoms with van der Waals surface area (Å²) in [5.74, 6) is 1.00. The molecule has 0 saturated carbocycles. The van der Waals surface area contributed by atoms with Crippen molar-refractivity contribution in [2.24, 2.45) is 0 Å². The molecule has 8 nitrogen and oxygen atoms in total. The lowest BCUT2D eigenvalue weighted by molar-refractivity contribution is 0.198. The van der Waals surface area contributed by atoms with Gasteiger partial charge in [-0.3, -0.25) is 0 Å². The minimum atomic E-state index is -0.245. The number of aliphatic hydroxyl groups is 1. The van der Waals surface area contributed by atoms with E-state index in [-0.39, 0.29) is 6.10 Å². The van der Waals surface area contributed by atoms with Crippen LogP contribution in [-0.4, -0.2) is 61.8 Å². The van der Waals surface area contributed by atoms with Crippen LogP contribution in [-0.2, 0) is 0 Å². The Kier molecular flexibility index (Phi) is 3.37. The van der Waals surface area contributed by atoms with E-state index in [1.165, 1.54) is 12.8 Å². The molecule has 5 rings (SSSR count). The fraction of sp³-hybridized carbons (Fsp3) is 0.471. The molecule has 8 heteroatoms. The van der Waals surface area contributed by atoms with Gasteiger partial charge in [-0.15, -0.1) is 0 Å². The van der Waals surface area contributed by atoms with Crippen molar-refractivity contribution in [3.05, 3.63) is 30.9 Å². The first-order valence-electron chi connectivity index (χ1n) is 8.85. The minimum absolute atomic E-state index is 0.245. The minimum Gasteiger partial charge on any atom is -0.391 e. The average molecular weight is 339 g/mol. The van der Waals surface area contributed by atoms with E-state index in [1.807, 2.05) is 29.3 Å². The molecule has 0 spiro atoms. The Morgan fingerprint density at radius 1 is 1.04 bits per heavy atom. The molecule has 130 valence electrons. The lowest BCUT2D eigenvalue weighted by Crippen LogP contribution is -2.20. The number of hydrogen-bond acceptors (Lipinski definition) is 6. The zero-order chi connectivity index (χ0) is 16.8. The van der Waals surface area contributed by atoms with Gasteiger partial charge >= 0.3 is 0 Å². The molecular weight excluding hydrogens is 318 g/mol. The van der Waals surface area contributed by atoms with Gasteiger partial charge < -0.3 is 14.9 Å². The Hall–Kier alpha value is -2.61. The van der Waals surface area contributed by atoms with Crippen LogP contribution in [0.3, 0.4) is 0 Å². The van der Waals surface area contributed by atoms with Crippen LogP contribution < -0.4 is 9.80 Å². The van der Waals surface area contributed by atoms with Crippen LogP contribution in [0.1, 0.15) is 19.3 Å². The van der Waals surface area contributed by atoms with Gasteiger partial charge in [0.25, 0.3) is 0 Å². The largest absolute Gasteiger partial charge is 0.391 e. The van der Waals surface area contributed by atoms with Gasteiger partial charge in [-0.2, -0.15) is 10.2 Å². The summed E-state index contributed by atoms with van der Waals surface area (Å²) < 4.78 is 3.61. The standard InChI is InChI=1S/C17H21N7O/c25-14-3-7-22(12-14)13-9-18-24(11-13)15-10-19-23-8-4-16(20-17(15)23)21-5-1-2-6-21/h4,8-11,14,25H,1-3,5-7,12H2. The number of fused-ring (bicyclic) bond motifs is 1. The first-order chi connectivity index (χ1) is 12.3. The number of β-amino-alcohol motifs (C(OH)–C–C–N with tert-alkyl or cyclic N) is 1. The van der Waals surface area contributed by atoms with Crippen LogP contribution in [0.4, 0.5) is 11.5 Å². The van der Waals surface area contributed by atoms with Crippen LogP contribution in [0.5, 0.6) is 0 Å². The van der Waals surface area contributed by atoms with Gasteiger partial charge in [-0.25, -0.2) is 14.2 Å². The molecule has 2 fully saturated rings. The van der Waals surface area contributed by atoms with E-state index >= 15 is 0 Å². The highest BCUT2D eigenvalue weighted by molar-refractivity contribution is 5.62. The first kappa shape index (κ1) is 14.7. The van der Waals surface area contributed by atoms with Crippen LogP contribution >= 0.6 is 0 Å². The van der Waals surface area contributed by atoms with Crippen LogP contribution in [0.25, 0.3) is 11.3 Å². The molecule has 0 radical (unpaired) electrons. The Bertz CT molecular complexity index is 895. The molecule has 0 bridgehead atoms. The highest BCUT2D eigenvalue weighted by Gasteiger charge is 2.22. The zero-order valence-electron chi connectivity index (χ0n) is 14.0. The summed E-state index contributed by atoms with van der Waals surface area (Å²) in [5, 5.41) is 18.6. The second-order valence-electron chi connectivity index (χ2n) is 6.81. The van der Waals surface area contributed by atoms with Gasteiger partial charge in [0.15, 0.2) is 5.65 Å². The van der Waals surface area contributed by atoms with Crippen LogP contribution in [0, 0.1) is 0 Å². The van der Waals surface area contributed by atoms with E-state index in [9.17, 15) is 5.11 Å². The van der Waals surface area contributed by atoms with Gasteiger partial charge in [-0.1, -0.05) is 0 Å². The topological polar surface area (TPSA) is 74.7 Å². The molecule has 0 aliphatic carbocycles. The summed E-state index contributed by atoms with van der Waals surface area (Å²) in [4.78, 5) is 9.30. The van der Waals surface area contributed by atoms with Crippen LogP contribution in [0.2, 0.25) is 0 Å². The van der Waals surface area contributed by atoms with Crippen molar-refractivity contribution in [3.63, 3.8) is 0 Å². The molecule has 0 amide bonds. The summed E-state index contributed by atoms with van der Waals surface area (Å²) in [5.41, 5.74) is 2.69. The number of hydrogen-bond donors (Lipinski definition) is 1. The Morgan fingerprint density at radius 2 is 1.92 bits per heavy atom. The summed E-state index contributed by atoms with van der Waals surface area (Å²) >= 11 is 0. The average Bonchev–Trinajstić information content (AvgIpc) is 3.39. The van der Waals surface area contributed by atoms with Gasteiger partial charge in [0, 0.05) is 32.4 Å². The molecule has 5 heterocycles. The summed E-state index contributed by atoms with van der Waals surface area (Å²) in [7, 11) is 0. The molecular formula is C17H21N7O. The Morgan fingerprint density at radius 3 is 2.72 bits per heavy atom. The second kappa shape index (κ2) is 5.73. The number of aliphatic hydroxyl groups excluding tert-OH is 1. The SMILES string of the molecule is OC1CCN(c2cnn(-c3cnn4ccc(N5CCCC5)nc34)c2)C1. The number of rotatable bonds is 3. The maximum absolute atomic E-state index is 9.73. The summed E-state index contributed by atoms with van der Waals surface area (Å²) in [6.07, 6.45) is 10.6. The first-order valence-corrected chi connectivity index (χ1v) is 8.85. The van der Waals surface area contributed by atoms with Crippen molar-refractivity contribution in [1.82, 2.24) is 24.4 Å². The Balaban J connectivity index is 1.50. The highest BCUT2D eigenvalue weighted by Crippen LogP contribution is 2.24.